The van der Waals surface area contributed by atoms with E-state index in [0.717, 1.165) is 5.56 Å². The quantitative estimate of drug-likeness (QED) is 0.922. The van der Waals surface area contributed by atoms with Crippen molar-refractivity contribution in [2.45, 2.75) is 10.6 Å². The zero-order valence-corrected chi connectivity index (χ0v) is 12.5. The van der Waals surface area contributed by atoms with E-state index in [1.54, 1.807) is 24.3 Å². The lowest BCUT2D eigenvalue weighted by Crippen LogP contribution is -2.02. The Kier molecular flexibility index (Phi) is 4.81. The molecule has 0 saturated carbocycles. The molecule has 0 aliphatic heterocycles. The average molecular weight is 329 g/mol. The van der Waals surface area contributed by atoms with Crippen molar-refractivity contribution in [2.24, 2.45) is 0 Å². The second kappa shape index (κ2) is 6.39. The van der Waals surface area contributed by atoms with Crippen molar-refractivity contribution in [3.8, 4) is 0 Å². The van der Waals surface area contributed by atoms with E-state index in [2.05, 4.69) is 0 Å². The number of benzene rings is 2. The first-order chi connectivity index (χ1) is 9.47. The molecule has 2 aromatic carbocycles. The van der Waals surface area contributed by atoms with Crippen LogP contribution in [-0.2, 0) is 16.6 Å². The summed E-state index contributed by atoms with van der Waals surface area (Å²) in [6, 6.07) is 11.4. The fourth-order valence-electron chi connectivity index (χ4n) is 1.67. The Balaban J connectivity index is 2.26. The van der Waals surface area contributed by atoms with E-state index in [4.69, 9.17) is 28.3 Å². The summed E-state index contributed by atoms with van der Waals surface area (Å²) in [6.07, 6.45) is 0. The van der Waals surface area contributed by atoms with Gasteiger partial charge in [-0.1, -0.05) is 35.3 Å². The van der Waals surface area contributed by atoms with Gasteiger partial charge in [-0.15, -0.1) is 0 Å². The molecule has 2 rings (SSSR count). The Morgan fingerprint density at radius 1 is 1.15 bits per heavy atom. The fourth-order valence-corrected chi connectivity index (χ4v) is 3.20. The lowest BCUT2D eigenvalue weighted by molar-refractivity contribution is 0.0697. The third kappa shape index (κ3) is 3.60. The molecule has 0 aliphatic rings. The first kappa shape index (κ1) is 15.0. The third-order valence-electron chi connectivity index (χ3n) is 2.62. The molecular weight excluding hydrogens is 319 g/mol. The van der Waals surface area contributed by atoms with Crippen molar-refractivity contribution in [3.63, 3.8) is 0 Å². The van der Waals surface area contributed by atoms with E-state index < -0.39 is 16.8 Å². The smallest absolute Gasteiger partial charge is 0.337 e. The number of carboxylic acids is 1. The van der Waals surface area contributed by atoms with Gasteiger partial charge < -0.3 is 5.11 Å². The maximum absolute atomic E-state index is 12.2. The monoisotopic (exact) mass is 328 g/mol. The molecule has 2 aromatic rings. The van der Waals surface area contributed by atoms with Crippen LogP contribution in [0.25, 0.3) is 0 Å². The summed E-state index contributed by atoms with van der Waals surface area (Å²) in [5.41, 5.74) is 0.770. The van der Waals surface area contributed by atoms with E-state index in [-0.39, 0.29) is 16.3 Å². The summed E-state index contributed by atoms with van der Waals surface area (Å²) in [7, 11) is -1.36. The topological polar surface area (TPSA) is 54.4 Å². The standard InChI is InChI=1S/C14H10Cl2O3S/c15-10-3-1-2-9(6-10)8-20(19)11-4-5-13(16)12(7-11)14(17)18/h1-7H,8H2,(H,17,18). The molecule has 3 nitrogen and oxygen atoms in total. The molecule has 0 aliphatic carbocycles. The number of rotatable bonds is 4. The molecule has 0 radical (unpaired) electrons. The molecule has 1 unspecified atom stereocenters. The maximum atomic E-state index is 12.2. The molecule has 1 N–H and O–H groups in total. The van der Waals surface area contributed by atoms with Gasteiger partial charge in [0.2, 0.25) is 0 Å². The van der Waals surface area contributed by atoms with Crippen LogP contribution in [0.5, 0.6) is 0 Å². The Bertz CT molecular complexity index is 686. The van der Waals surface area contributed by atoms with Gasteiger partial charge in [0.15, 0.2) is 0 Å². The van der Waals surface area contributed by atoms with Gasteiger partial charge in [0.1, 0.15) is 0 Å². The zero-order valence-electron chi connectivity index (χ0n) is 10.2. The number of carboxylic acid groups (broad SMARTS) is 1. The van der Waals surface area contributed by atoms with Gasteiger partial charge in [0.05, 0.1) is 27.1 Å². The molecule has 0 aromatic heterocycles. The van der Waals surface area contributed by atoms with Gasteiger partial charge in [-0.3, -0.25) is 4.21 Å². The van der Waals surface area contributed by atoms with Crippen LogP contribution in [0.2, 0.25) is 10.0 Å². The highest BCUT2D eigenvalue weighted by atomic mass is 35.5. The minimum Gasteiger partial charge on any atom is -0.478 e. The summed E-state index contributed by atoms with van der Waals surface area (Å²) < 4.78 is 12.2. The molecule has 0 heterocycles. The van der Waals surface area contributed by atoms with Crippen molar-refractivity contribution in [1.82, 2.24) is 0 Å². The molecule has 104 valence electrons. The van der Waals surface area contributed by atoms with E-state index in [0.29, 0.717) is 9.92 Å². The molecular formula is C14H10Cl2O3S. The number of halogens is 2. The third-order valence-corrected chi connectivity index (χ3v) is 4.56. The number of hydrogen-bond acceptors (Lipinski definition) is 2. The molecule has 0 bridgehead atoms. The van der Waals surface area contributed by atoms with Crippen LogP contribution < -0.4 is 0 Å². The number of hydrogen-bond donors (Lipinski definition) is 1. The van der Waals surface area contributed by atoms with E-state index in [1.165, 1.54) is 12.1 Å². The lowest BCUT2D eigenvalue weighted by atomic mass is 10.2. The van der Waals surface area contributed by atoms with Crippen LogP contribution in [-0.4, -0.2) is 15.3 Å². The first-order valence-corrected chi connectivity index (χ1v) is 7.70. The average Bonchev–Trinajstić information content (AvgIpc) is 2.38. The SMILES string of the molecule is O=C(O)c1cc(S(=O)Cc2cccc(Cl)c2)ccc1Cl. The Morgan fingerprint density at radius 2 is 1.90 bits per heavy atom. The summed E-state index contributed by atoms with van der Waals surface area (Å²) in [6.45, 7) is 0. The van der Waals surface area contributed by atoms with Gasteiger partial charge in [0.25, 0.3) is 0 Å². The Labute approximate surface area is 128 Å². The second-order valence-corrected chi connectivity index (χ2v) is 6.36. The highest BCUT2D eigenvalue weighted by Gasteiger charge is 2.13. The molecule has 0 amide bonds. The van der Waals surface area contributed by atoms with Crippen molar-refractivity contribution in [1.29, 1.82) is 0 Å². The van der Waals surface area contributed by atoms with Crippen molar-refractivity contribution in [2.75, 3.05) is 0 Å². The van der Waals surface area contributed by atoms with Gasteiger partial charge in [-0.25, -0.2) is 4.79 Å². The van der Waals surface area contributed by atoms with Crippen molar-refractivity contribution < 1.29 is 14.1 Å². The largest absolute Gasteiger partial charge is 0.478 e. The van der Waals surface area contributed by atoms with Gasteiger partial charge in [-0.2, -0.15) is 0 Å². The summed E-state index contributed by atoms with van der Waals surface area (Å²) in [5.74, 6) is -0.877. The van der Waals surface area contributed by atoms with Crippen LogP contribution >= 0.6 is 23.2 Å². The minimum atomic E-state index is -1.36. The highest BCUT2D eigenvalue weighted by molar-refractivity contribution is 7.84. The highest BCUT2D eigenvalue weighted by Crippen LogP contribution is 2.22. The summed E-state index contributed by atoms with van der Waals surface area (Å²) in [4.78, 5) is 11.4. The molecule has 0 fully saturated rings. The maximum Gasteiger partial charge on any atom is 0.337 e. The lowest BCUT2D eigenvalue weighted by Gasteiger charge is -2.05. The van der Waals surface area contributed by atoms with Gasteiger partial charge in [-0.05, 0) is 35.9 Å². The van der Waals surface area contributed by atoms with Crippen LogP contribution in [0.1, 0.15) is 15.9 Å². The van der Waals surface area contributed by atoms with E-state index in [9.17, 15) is 9.00 Å². The minimum absolute atomic E-state index is 0.0522. The Hall–Kier alpha value is -1.36. The summed E-state index contributed by atoms with van der Waals surface area (Å²) in [5, 5.41) is 9.69. The van der Waals surface area contributed by atoms with Crippen molar-refractivity contribution in [3.05, 3.63) is 63.6 Å². The number of carbonyl (C=O) groups is 1. The second-order valence-electron chi connectivity index (χ2n) is 4.07. The first-order valence-electron chi connectivity index (χ1n) is 5.63. The van der Waals surface area contributed by atoms with Crippen LogP contribution in [0.4, 0.5) is 0 Å². The van der Waals surface area contributed by atoms with E-state index in [1.807, 2.05) is 6.07 Å². The van der Waals surface area contributed by atoms with Crippen molar-refractivity contribution >= 4 is 40.0 Å². The number of aromatic carboxylic acids is 1. The van der Waals surface area contributed by atoms with E-state index >= 15 is 0 Å². The fraction of sp³-hybridized carbons (Fsp3) is 0.0714. The molecule has 1 atom stereocenters. The molecule has 6 heteroatoms. The predicted octanol–water partition coefficient (Wildman–Crippen LogP) is 4.00. The molecule has 0 spiro atoms. The van der Waals surface area contributed by atoms with Crippen LogP contribution in [0.3, 0.4) is 0 Å². The normalized spacial score (nSPS) is 12.1. The van der Waals surface area contributed by atoms with Crippen LogP contribution in [0.15, 0.2) is 47.4 Å². The van der Waals surface area contributed by atoms with Gasteiger partial charge in [0, 0.05) is 9.92 Å². The molecule has 0 saturated heterocycles. The predicted molar refractivity (Wildman–Crippen MR) is 80.0 cm³/mol. The van der Waals surface area contributed by atoms with Crippen LogP contribution in [0, 0.1) is 0 Å². The molecule has 20 heavy (non-hydrogen) atoms. The van der Waals surface area contributed by atoms with Gasteiger partial charge >= 0.3 is 5.97 Å². The Morgan fingerprint density at radius 3 is 2.55 bits per heavy atom. The zero-order chi connectivity index (χ0) is 14.7. The summed E-state index contributed by atoms with van der Waals surface area (Å²) >= 11 is 11.6.